The van der Waals surface area contributed by atoms with Gasteiger partial charge < -0.3 is 26.3 Å². The van der Waals surface area contributed by atoms with Crippen LogP contribution in [0.3, 0.4) is 0 Å². The van der Waals surface area contributed by atoms with Gasteiger partial charge in [-0.15, -0.1) is 0 Å². The Balaban J connectivity index is 1.79. The van der Waals surface area contributed by atoms with Crippen LogP contribution in [0.25, 0.3) is 0 Å². The first-order chi connectivity index (χ1) is 16.0. The number of methoxy groups -OCH3 is 1. The molecule has 0 saturated carbocycles. The summed E-state index contributed by atoms with van der Waals surface area (Å²) in [4.78, 5) is 8.83. The molecule has 1 aliphatic rings. The topological polar surface area (TPSA) is 167 Å². The van der Waals surface area contributed by atoms with Crippen molar-refractivity contribution in [3.63, 3.8) is 0 Å². The van der Waals surface area contributed by atoms with Crippen LogP contribution in [0, 0.1) is 22.8 Å². The van der Waals surface area contributed by atoms with E-state index in [4.69, 9.17) is 26.2 Å². The van der Waals surface area contributed by atoms with E-state index in [0.717, 1.165) is 5.56 Å². The Bertz CT molecular complexity index is 1310. The number of nitriles is 2. The maximum Gasteiger partial charge on any atom is 0.211 e. The Morgan fingerprint density at radius 2 is 1.91 bits per heavy atom. The van der Waals surface area contributed by atoms with Crippen molar-refractivity contribution in [2.45, 2.75) is 12.6 Å². The minimum Gasteiger partial charge on any atom is -0.493 e. The monoisotopic (exact) mass is 440 g/mol. The summed E-state index contributed by atoms with van der Waals surface area (Å²) in [5.74, 6) is 1.52. The summed E-state index contributed by atoms with van der Waals surface area (Å²) < 4.78 is 11.5. The van der Waals surface area contributed by atoms with E-state index >= 15 is 0 Å². The van der Waals surface area contributed by atoms with Crippen LogP contribution < -0.4 is 31.6 Å². The fourth-order valence-corrected chi connectivity index (χ4v) is 3.53. The maximum absolute atomic E-state index is 9.49. The third kappa shape index (κ3) is 4.13. The highest BCUT2D eigenvalue weighted by Gasteiger charge is 2.30. The molecule has 0 radical (unpaired) electrons. The predicted molar refractivity (Wildman–Crippen MR) is 123 cm³/mol. The van der Waals surface area contributed by atoms with Gasteiger partial charge in [0.05, 0.1) is 12.8 Å². The molecule has 4 rings (SSSR count). The van der Waals surface area contributed by atoms with Gasteiger partial charge in [-0.2, -0.15) is 10.5 Å². The summed E-state index contributed by atoms with van der Waals surface area (Å²) in [5.41, 5.74) is 14.6. The number of pyridine rings is 1. The van der Waals surface area contributed by atoms with Gasteiger partial charge in [-0.05, 0) is 23.3 Å². The number of aliphatic imine (C=N–C) groups is 1. The highest BCUT2D eigenvalue weighted by molar-refractivity contribution is 5.98. The average Bonchev–Trinajstić information content (AvgIpc) is 2.83. The van der Waals surface area contributed by atoms with Crippen molar-refractivity contribution in [3.05, 3.63) is 70.8 Å². The van der Waals surface area contributed by atoms with Crippen LogP contribution in [0.15, 0.2) is 53.5 Å². The molecule has 2 aromatic carbocycles. The lowest BCUT2D eigenvalue weighted by molar-refractivity contribution is 0.284. The summed E-state index contributed by atoms with van der Waals surface area (Å²) >= 11 is 0. The molecule has 33 heavy (non-hydrogen) atoms. The van der Waals surface area contributed by atoms with Gasteiger partial charge in [0.15, 0.2) is 17.7 Å². The molecule has 0 spiro atoms. The number of aromatic nitrogens is 1. The second-order valence-electron chi connectivity index (χ2n) is 7.09. The number of hydrogen-bond acceptors (Lipinski definition) is 10. The quantitative estimate of drug-likeness (QED) is 0.344. The van der Waals surface area contributed by atoms with Gasteiger partial charge in [0.2, 0.25) is 5.96 Å². The molecule has 1 unspecified atom stereocenters. The van der Waals surface area contributed by atoms with Gasteiger partial charge in [0.1, 0.15) is 35.9 Å². The highest BCUT2D eigenvalue weighted by atomic mass is 16.5. The molecule has 1 aliphatic heterocycles. The van der Waals surface area contributed by atoms with Crippen LogP contribution in [0.5, 0.6) is 11.5 Å². The number of fused-ring (bicyclic) bond motifs is 1. The smallest absolute Gasteiger partial charge is 0.211 e. The zero-order chi connectivity index (χ0) is 23.4. The third-order valence-corrected chi connectivity index (χ3v) is 5.10. The van der Waals surface area contributed by atoms with E-state index in [9.17, 15) is 5.26 Å². The number of nitrogen functional groups attached to an aromatic ring is 2. The molecule has 0 amide bonds. The van der Waals surface area contributed by atoms with Gasteiger partial charge in [-0.3, -0.25) is 5.32 Å². The van der Waals surface area contributed by atoms with Crippen molar-refractivity contribution >= 4 is 23.3 Å². The van der Waals surface area contributed by atoms with Gasteiger partial charge in [0.25, 0.3) is 0 Å². The van der Waals surface area contributed by atoms with Crippen LogP contribution >= 0.6 is 0 Å². The summed E-state index contributed by atoms with van der Waals surface area (Å²) in [6, 6.07) is 16.4. The number of benzene rings is 2. The zero-order valence-electron chi connectivity index (χ0n) is 17.7. The highest BCUT2D eigenvalue weighted by Crippen LogP contribution is 2.42. The third-order valence-electron chi connectivity index (χ3n) is 5.10. The average molecular weight is 440 g/mol. The van der Waals surface area contributed by atoms with Gasteiger partial charge in [-0.25, -0.2) is 9.98 Å². The lowest BCUT2D eigenvalue weighted by Crippen LogP contribution is -2.32. The standard InChI is InChI=1S/C23H20N8O2/c1-32-16-8-7-14(9-17(16)33-11-13-5-3-2-4-6-13)20-18-19(26)15(10-24)21(27)30-22(18)31-23(29-20)28-12-25/h2-9,20H,11H2,1H3,(H6,26,27,28,29,30,31). The predicted octanol–water partition coefficient (Wildman–Crippen LogP) is 2.65. The van der Waals surface area contributed by atoms with Gasteiger partial charge in [-0.1, -0.05) is 36.4 Å². The fourth-order valence-electron chi connectivity index (χ4n) is 3.53. The molecule has 1 aromatic heterocycles. The SMILES string of the molecule is COc1ccc(C2N=C(NC#N)Nc3nc(N)c(C#N)c(N)c32)cc1OCc1ccccc1. The molecule has 2 heterocycles. The number of rotatable bonds is 5. The molecular weight excluding hydrogens is 420 g/mol. The molecule has 6 N–H and O–H groups in total. The molecular formula is C23H20N8O2. The van der Waals surface area contributed by atoms with Crippen molar-refractivity contribution < 1.29 is 9.47 Å². The maximum atomic E-state index is 9.49. The Morgan fingerprint density at radius 3 is 2.61 bits per heavy atom. The van der Waals surface area contributed by atoms with E-state index in [1.807, 2.05) is 48.7 Å². The van der Waals surface area contributed by atoms with Crippen molar-refractivity contribution in [1.82, 2.24) is 10.3 Å². The van der Waals surface area contributed by atoms with Crippen molar-refractivity contribution in [2.75, 3.05) is 23.9 Å². The summed E-state index contributed by atoms with van der Waals surface area (Å²) in [6.07, 6.45) is 1.83. The molecule has 1 atom stereocenters. The molecule has 0 bridgehead atoms. The Kier molecular flexibility index (Phi) is 5.83. The van der Waals surface area contributed by atoms with E-state index < -0.39 is 6.04 Å². The van der Waals surface area contributed by atoms with E-state index in [0.29, 0.717) is 35.1 Å². The fraction of sp³-hybridized carbons (Fsp3) is 0.130. The number of guanidine groups is 1. The van der Waals surface area contributed by atoms with Crippen LogP contribution in [-0.2, 0) is 6.61 Å². The Labute approximate surface area is 190 Å². The second kappa shape index (κ2) is 9.04. The lowest BCUT2D eigenvalue weighted by atomic mass is 9.95. The molecule has 0 saturated heterocycles. The Hall–Kier alpha value is -4.96. The molecule has 10 nitrogen and oxygen atoms in total. The molecule has 164 valence electrons. The van der Waals surface area contributed by atoms with Crippen LogP contribution in [0.4, 0.5) is 17.3 Å². The van der Waals surface area contributed by atoms with Gasteiger partial charge >= 0.3 is 0 Å². The van der Waals surface area contributed by atoms with E-state index in [1.165, 1.54) is 0 Å². The van der Waals surface area contributed by atoms with E-state index in [2.05, 4.69) is 20.6 Å². The molecule has 0 aliphatic carbocycles. The second-order valence-corrected chi connectivity index (χ2v) is 7.09. The zero-order valence-corrected chi connectivity index (χ0v) is 17.7. The first-order valence-corrected chi connectivity index (χ1v) is 9.89. The molecule has 3 aromatic rings. The lowest BCUT2D eigenvalue weighted by Gasteiger charge is -2.26. The summed E-state index contributed by atoms with van der Waals surface area (Å²) in [5, 5.41) is 23.9. The number of nitrogens with one attached hydrogen (secondary N) is 2. The minimum absolute atomic E-state index is 0.0141. The first-order valence-electron chi connectivity index (χ1n) is 9.89. The van der Waals surface area contributed by atoms with E-state index in [1.54, 1.807) is 19.2 Å². The van der Waals surface area contributed by atoms with Crippen LogP contribution in [0.1, 0.15) is 28.3 Å². The van der Waals surface area contributed by atoms with E-state index in [-0.39, 0.29) is 23.0 Å². The Morgan fingerprint density at radius 1 is 1.12 bits per heavy atom. The normalized spacial score (nSPS) is 14.0. The number of anilines is 3. The minimum atomic E-state index is -0.678. The molecule has 10 heteroatoms. The van der Waals surface area contributed by atoms with Crippen molar-refractivity contribution in [3.8, 4) is 23.8 Å². The van der Waals surface area contributed by atoms with Crippen LogP contribution in [-0.4, -0.2) is 18.1 Å². The van der Waals surface area contributed by atoms with Gasteiger partial charge in [0, 0.05) is 5.56 Å². The summed E-state index contributed by atoms with van der Waals surface area (Å²) in [7, 11) is 1.56. The largest absolute Gasteiger partial charge is 0.493 e. The van der Waals surface area contributed by atoms with Crippen molar-refractivity contribution in [2.24, 2.45) is 4.99 Å². The number of hydrogen-bond donors (Lipinski definition) is 4. The molecule has 0 fully saturated rings. The number of ether oxygens (including phenoxy) is 2. The summed E-state index contributed by atoms with van der Waals surface area (Å²) in [6.45, 7) is 0.340. The van der Waals surface area contributed by atoms with Crippen molar-refractivity contribution in [1.29, 1.82) is 10.5 Å². The first kappa shape index (κ1) is 21.3. The number of nitrogens with zero attached hydrogens (tertiary/aromatic N) is 4. The number of nitrogens with two attached hydrogens (primary N) is 2. The van der Waals surface area contributed by atoms with Crippen LogP contribution in [0.2, 0.25) is 0 Å².